The van der Waals surface area contributed by atoms with Gasteiger partial charge in [-0.1, -0.05) is 72.8 Å². The zero-order chi connectivity index (χ0) is 18.1. The van der Waals surface area contributed by atoms with Crippen LogP contribution in [0.3, 0.4) is 0 Å². The molecule has 4 aromatic rings. The van der Waals surface area contributed by atoms with Crippen molar-refractivity contribution in [3.63, 3.8) is 0 Å². The van der Waals surface area contributed by atoms with Gasteiger partial charge in [-0.3, -0.25) is 4.79 Å². The van der Waals surface area contributed by atoms with E-state index in [0.29, 0.717) is 5.56 Å². The van der Waals surface area contributed by atoms with Gasteiger partial charge in [0.05, 0.1) is 5.60 Å². The topological polar surface area (TPSA) is 37.3 Å². The molecule has 2 nitrogen and oxygen atoms in total. The monoisotopic (exact) mass is 340 g/mol. The van der Waals surface area contributed by atoms with Gasteiger partial charge in [0.25, 0.3) is 0 Å². The minimum absolute atomic E-state index is 0.0453. The normalized spacial score (nSPS) is 13.6. The molecule has 0 amide bonds. The molecule has 1 atom stereocenters. The van der Waals surface area contributed by atoms with Crippen LogP contribution in [0.15, 0.2) is 84.9 Å². The lowest BCUT2D eigenvalue weighted by atomic mass is 9.87. The number of carbonyl (C=O) groups excluding carboxylic acids is 1. The summed E-state index contributed by atoms with van der Waals surface area (Å²) >= 11 is 0. The maximum absolute atomic E-state index is 12.8. The van der Waals surface area contributed by atoms with Crippen LogP contribution >= 0.6 is 0 Å². The van der Waals surface area contributed by atoms with Crippen molar-refractivity contribution in [3.8, 4) is 0 Å². The highest BCUT2D eigenvalue weighted by molar-refractivity contribution is 6.00. The Kier molecular flexibility index (Phi) is 4.06. The molecule has 4 aromatic carbocycles. The second-order valence-corrected chi connectivity index (χ2v) is 7.00. The average molecular weight is 340 g/mol. The lowest BCUT2D eigenvalue weighted by Crippen LogP contribution is -2.25. The number of rotatable bonds is 4. The van der Waals surface area contributed by atoms with E-state index in [1.165, 1.54) is 0 Å². The van der Waals surface area contributed by atoms with Crippen LogP contribution in [0, 0.1) is 0 Å². The second kappa shape index (κ2) is 6.40. The Morgan fingerprint density at radius 1 is 0.769 bits per heavy atom. The Morgan fingerprint density at radius 2 is 1.31 bits per heavy atom. The summed E-state index contributed by atoms with van der Waals surface area (Å²) in [7, 11) is 0. The summed E-state index contributed by atoms with van der Waals surface area (Å²) in [4.78, 5) is 12.8. The molecule has 4 rings (SSSR count). The molecule has 0 aliphatic rings. The lowest BCUT2D eigenvalue weighted by Gasteiger charge is -2.23. The number of aliphatic hydroxyl groups is 1. The third-order valence-corrected chi connectivity index (χ3v) is 4.95. The molecule has 1 N–H and O–H groups in total. The summed E-state index contributed by atoms with van der Waals surface area (Å²) in [5.41, 5.74) is 0.169. The molecule has 0 aliphatic heterocycles. The number of ketones is 1. The molecule has 0 fully saturated rings. The molecule has 0 heterocycles. The Balaban J connectivity index is 1.63. The van der Waals surface area contributed by atoms with Crippen molar-refractivity contribution in [1.29, 1.82) is 0 Å². The van der Waals surface area contributed by atoms with E-state index < -0.39 is 5.60 Å². The van der Waals surface area contributed by atoms with E-state index in [-0.39, 0.29) is 12.2 Å². The highest BCUT2D eigenvalue weighted by Gasteiger charge is 2.27. The summed E-state index contributed by atoms with van der Waals surface area (Å²) in [6.07, 6.45) is 0.0453. The van der Waals surface area contributed by atoms with Crippen LogP contribution in [-0.4, -0.2) is 10.9 Å². The van der Waals surface area contributed by atoms with E-state index in [1.54, 1.807) is 6.92 Å². The molecule has 0 radical (unpaired) electrons. The van der Waals surface area contributed by atoms with Crippen molar-refractivity contribution >= 4 is 27.3 Å². The smallest absolute Gasteiger partial charge is 0.166 e. The van der Waals surface area contributed by atoms with Crippen LogP contribution in [0.5, 0.6) is 0 Å². The quantitative estimate of drug-likeness (QED) is 0.500. The van der Waals surface area contributed by atoms with Crippen molar-refractivity contribution in [2.75, 3.05) is 0 Å². The number of hydrogen-bond donors (Lipinski definition) is 1. The molecular weight excluding hydrogens is 320 g/mol. The maximum atomic E-state index is 12.8. The molecule has 128 valence electrons. The number of carbonyl (C=O) groups is 1. The predicted molar refractivity (Wildman–Crippen MR) is 106 cm³/mol. The molecule has 0 spiro atoms. The van der Waals surface area contributed by atoms with Gasteiger partial charge in [0, 0.05) is 12.0 Å². The highest BCUT2D eigenvalue weighted by Crippen LogP contribution is 2.29. The fourth-order valence-electron chi connectivity index (χ4n) is 3.40. The highest BCUT2D eigenvalue weighted by atomic mass is 16.3. The zero-order valence-electron chi connectivity index (χ0n) is 14.6. The lowest BCUT2D eigenvalue weighted by molar-refractivity contribution is 0.0432. The van der Waals surface area contributed by atoms with Gasteiger partial charge in [-0.05, 0) is 46.2 Å². The van der Waals surface area contributed by atoms with Crippen molar-refractivity contribution < 1.29 is 9.90 Å². The van der Waals surface area contributed by atoms with Crippen LogP contribution in [0.4, 0.5) is 0 Å². The Morgan fingerprint density at radius 3 is 1.96 bits per heavy atom. The van der Waals surface area contributed by atoms with Gasteiger partial charge in [-0.2, -0.15) is 0 Å². The van der Waals surface area contributed by atoms with E-state index in [4.69, 9.17) is 0 Å². The first-order valence-corrected chi connectivity index (χ1v) is 8.77. The maximum Gasteiger partial charge on any atom is 0.166 e. The van der Waals surface area contributed by atoms with E-state index in [2.05, 4.69) is 0 Å². The van der Waals surface area contributed by atoms with Crippen molar-refractivity contribution in [1.82, 2.24) is 0 Å². The molecule has 2 heteroatoms. The van der Waals surface area contributed by atoms with Crippen LogP contribution in [0.2, 0.25) is 0 Å². The first-order valence-electron chi connectivity index (χ1n) is 8.77. The third kappa shape index (κ3) is 3.12. The van der Waals surface area contributed by atoms with Crippen molar-refractivity contribution in [3.05, 3.63) is 96.1 Å². The fourth-order valence-corrected chi connectivity index (χ4v) is 3.40. The number of benzene rings is 4. The summed E-state index contributed by atoms with van der Waals surface area (Å²) in [5, 5.41) is 15.3. The van der Waals surface area contributed by atoms with Gasteiger partial charge in [-0.15, -0.1) is 0 Å². The van der Waals surface area contributed by atoms with Gasteiger partial charge in [0.2, 0.25) is 0 Å². The van der Waals surface area contributed by atoms with E-state index >= 15 is 0 Å². The molecule has 0 aromatic heterocycles. The molecule has 1 unspecified atom stereocenters. The van der Waals surface area contributed by atoms with Crippen molar-refractivity contribution in [2.45, 2.75) is 18.9 Å². The molecule has 0 saturated heterocycles. The van der Waals surface area contributed by atoms with Crippen LogP contribution in [0.1, 0.15) is 29.3 Å². The summed E-state index contributed by atoms with van der Waals surface area (Å²) in [5.74, 6) is -0.0612. The Bertz CT molecular complexity index is 1110. The molecule has 0 bridgehead atoms. The molecule has 26 heavy (non-hydrogen) atoms. The molecule has 0 saturated carbocycles. The molecular formula is C24H20O2. The van der Waals surface area contributed by atoms with Gasteiger partial charge in [-0.25, -0.2) is 0 Å². The first kappa shape index (κ1) is 16.5. The van der Waals surface area contributed by atoms with Crippen LogP contribution < -0.4 is 0 Å². The van der Waals surface area contributed by atoms with Gasteiger partial charge >= 0.3 is 0 Å². The van der Waals surface area contributed by atoms with E-state index in [9.17, 15) is 9.90 Å². The van der Waals surface area contributed by atoms with Crippen LogP contribution in [-0.2, 0) is 5.60 Å². The Labute approximate surface area is 152 Å². The van der Waals surface area contributed by atoms with Crippen LogP contribution in [0.25, 0.3) is 21.5 Å². The SMILES string of the molecule is CC(O)(CC(=O)c1ccc2ccccc2c1)c1ccc2ccccc2c1. The zero-order valence-corrected chi connectivity index (χ0v) is 14.6. The van der Waals surface area contributed by atoms with Gasteiger partial charge in [0.1, 0.15) is 0 Å². The number of hydrogen-bond acceptors (Lipinski definition) is 2. The first-order chi connectivity index (χ1) is 12.5. The van der Waals surface area contributed by atoms with E-state index in [1.807, 2.05) is 84.9 Å². The summed E-state index contributed by atoms with van der Waals surface area (Å²) in [6, 6.07) is 27.5. The number of fused-ring (bicyclic) bond motifs is 2. The standard InChI is InChI=1S/C24H20O2/c1-24(26,22-13-12-18-7-3-5-9-20(18)15-22)16-23(25)21-11-10-17-6-2-4-8-19(17)14-21/h2-15,26H,16H2,1H3. The summed E-state index contributed by atoms with van der Waals surface area (Å²) in [6.45, 7) is 1.70. The minimum Gasteiger partial charge on any atom is -0.385 e. The second-order valence-electron chi connectivity index (χ2n) is 7.00. The Hall–Kier alpha value is -2.97. The number of Topliss-reactive ketones (excluding diaryl/α,β-unsaturated/α-hetero) is 1. The minimum atomic E-state index is -1.22. The van der Waals surface area contributed by atoms with E-state index in [0.717, 1.165) is 27.1 Å². The van der Waals surface area contributed by atoms with Crippen molar-refractivity contribution in [2.24, 2.45) is 0 Å². The summed E-state index contributed by atoms with van der Waals surface area (Å²) < 4.78 is 0. The van der Waals surface area contributed by atoms with Gasteiger partial charge < -0.3 is 5.11 Å². The predicted octanol–water partition coefficient (Wildman–Crippen LogP) is 5.47. The largest absolute Gasteiger partial charge is 0.385 e. The molecule has 0 aliphatic carbocycles. The average Bonchev–Trinajstić information content (AvgIpc) is 2.67. The van der Waals surface area contributed by atoms with Gasteiger partial charge in [0.15, 0.2) is 5.78 Å². The fraction of sp³-hybridized carbons (Fsp3) is 0.125. The third-order valence-electron chi connectivity index (χ3n) is 4.95.